The predicted octanol–water partition coefficient (Wildman–Crippen LogP) is 5.97. The van der Waals surface area contributed by atoms with Crippen molar-refractivity contribution in [2.24, 2.45) is 11.7 Å². The first-order valence-electron chi connectivity index (χ1n) is 11.3. The molecule has 0 saturated heterocycles. The summed E-state index contributed by atoms with van der Waals surface area (Å²) in [6.07, 6.45) is 5.84. The highest BCUT2D eigenvalue weighted by Crippen LogP contribution is 2.40. The maximum atomic E-state index is 12.7. The Morgan fingerprint density at radius 1 is 1.26 bits per heavy atom. The second-order valence-corrected chi connectivity index (χ2v) is 10.5. The maximum Gasteiger partial charge on any atom is 0.251 e. The number of hydrogen-bond donors (Lipinski definition) is 2. The molecule has 0 radical (unpaired) electrons. The van der Waals surface area contributed by atoms with Gasteiger partial charge in [-0.05, 0) is 76.0 Å². The first kappa shape index (κ1) is 25.0. The number of amides is 2. The van der Waals surface area contributed by atoms with Crippen molar-refractivity contribution in [2.45, 2.75) is 32.8 Å². The van der Waals surface area contributed by atoms with Gasteiger partial charge in [0, 0.05) is 11.0 Å². The number of methoxy groups -OCH3 is 1. The Kier molecular flexibility index (Phi) is 7.93. The number of halogens is 1. The third-order valence-electron chi connectivity index (χ3n) is 5.90. The molecule has 0 saturated carbocycles. The van der Waals surface area contributed by atoms with Crippen LogP contribution < -0.4 is 20.5 Å². The van der Waals surface area contributed by atoms with E-state index in [1.165, 1.54) is 17.4 Å². The Labute approximate surface area is 217 Å². The molecule has 35 heavy (non-hydrogen) atoms. The normalized spacial score (nSPS) is 15.0. The summed E-state index contributed by atoms with van der Waals surface area (Å²) < 4.78 is 12.2. The fourth-order valence-electron chi connectivity index (χ4n) is 4.13. The second kappa shape index (κ2) is 11.1. The zero-order valence-corrected chi connectivity index (χ0v) is 22.0. The minimum atomic E-state index is -0.504. The van der Waals surface area contributed by atoms with Gasteiger partial charge in [0.25, 0.3) is 5.91 Å². The molecule has 0 aliphatic heterocycles. The molecule has 3 N–H and O–H groups in total. The highest BCUT2D eigenvalue weighted by molar-refractivity contribution is 9.10. The second-order valence-electron chi connectivity index (χ2n) is 8.55. The van der Waals surface area contributed by atoms with Gasteiger partial charge in [-0.2, -0.15) is 0 Å². The molecule has 8 heteroatoms. The number of rotatable bonds is 8. The molecule has 3 aromatic rings. The number of ether oxygens (including phenoxy) is 2. The lowest BCUT2D eigenvalue weighted by atomic mass is 9.88. The number of hydrogen-bond acceptors (Lipinski definition) is 5. The van der Waals surface area contributed by atoms with Crippen LogP contribution in [0.2, 0.25) is 0 Å². The summed E-state index contributed by atoms with van der Waals surface area (Å²) in [7, 11) is 1.57. The Balaban J connectivity index is 1.48. The summed E-state index contributed by atoms with van der Waals surface area (Å²) in [5.41, 5.74) is 8.88. The molecule has 1 heterocycles. The van der Waals surface area contributed by atoms with E-state index in [9.17, 15) is 9.59 Å². The van der Waals surface area contributed by atoms with Crippen molar-refractivity contribution >= 4 is 50.2 Å². The topological polar surface area (TPSA) is 90.6 Å². The zero-order chi connectivity index (χ0) is 24.9. The van der Waals surface area contributed by atoms with Gasteiger partial charge in [0.15, 0.2) is 11.5 Å². The molecule has 0 bridgehead atoms. The fourth-order valence-corrected chi connectivity index (χ4v) is 6.12. The molecule has 4 rings (SSSR count). The van der Waals surface area contributed by atoms with E-state index in [1.807, 2.05) is 36.4 Å². The van der Waals surface area contributed by atoms with Crippen LogP contribution in [-0.4, -0.2) is 18.9 Å². The van der Waals surface area contributed by atoms with Crippen LogP contribution in [0.4, 0.5) is 5.00 Å². The van der Waals surface area contributed by atoms with Crippen LogP contribution in [0.1, 0.15) is 45.3 Å². The van der Waals surface area contributed by atoms with E-state index >= 15 is 0 Å². The largest absolute Gasteiger partial charge is 0.493 e. The molecule has 1 aromatic heterocycles. The number of fused-ring (bicyclic) bond motifs is 1. The standard InChI is InChI=1S/C27H27BrN2O4S/c1-16-8-10-19-22(12-16)35-27(24(19)26(29)32)30-23(31)11-9-18-13-20(28)25(21(14-18)33-2)34-15-17-6-4-3-5-7-17/h3-7,9,11,13-14,16H,8,10,12,15H2,1-2H3,(H2,29,32)(H,30,31)/b11-9+. The van der Waals surface area contributed by atoms with Gasteiger partial charge in [0.2, 0.25) is 5.91 Å². The van der Waals surface area contributed by atoms with Crippen molar-refractivity contribution in [3.05, 3.63) is 80.1 Å². The molecule has 182 valence electrons. The molecule has 0 spiro atoms. The van der Waals surface area contributed by atoms with Crippen LogP contribution in [0.5, 0.6) is 11.5 Å². The van der Waals surface area contributed by atoms with Crippen LogP contribution in [0.15, 0.2) is 53.0 Å². The molecular weight excluding hydrogens is 528 g/mol. The van der Waals surface area contributed by atoms with Crippen molar-refractivity contribution in [2.75, 3.05) is 12.4 Å². The fraction of sp³-hybridized carbons (Fsp3) is 0.259. The van der Waals surface area contributed by atoms with Gasteiger partial charge in [0.05, 0.1) is 17.1 Å². The third kappa shape index (κ3) is 5.94. The van der Waals surface area contributed by atoms with E-state index in [2.05, 4.69) is 28.2 Å². The summed E-state index contributed by atoms with van der Waals surface area (Å²) >= 11 is 4.99. The van der Waals surface area contributed by atoms with Crippen LogP contribution in [-0.2, 0) is 24.2 Å². The van der Waals surface area contributed by atoms with Crippen molar-refractivity contribution < 1.29 is 19.1 Å². The first-order valence-corrected chi connectivity index (χ1v) is 12.9. The number of primary amides is 1. The van der Waals surface area contributed by atoms with Crippen molar-refractivity contribution in [1.82, 2.24) is 0 Å². The summed E-state index contributed by atoms with van der Waals surface area (Å²) in [5.74, 6) is 0.849. The van der Waals surface area contributed by atoms with E-state index in [-0.39, 0.29) is 5.91 Å². The number of benzene rings is 2. The highest BCUT2D eigenvalue weighted by Gasteiger charge is 2.27. The van der Waals surface area contributed by atoms with Crippen LogP contribution in [0.25, 0.3) is 6.08 Å². The molecule has 2 amide bonds. The number of thiophene rings is 1. The summed E-state index contributed by atoms with van der Waals surface area (Å²) in [6.45, 7) is 2.59. The van der Waals surface area contributed by atoms with Crippen LogP contribution in [0.3, 0.4) is 0 Å². The molecule has 0 fully saturated rings. The first-order chi connectivity index (χ1) is 16.9. The Morgan fingerprint density at radius 2 is 2.03 bits per heavy atom. The maximum absolute atomic E-state index is 12.7. The summed E-state index contributed by atoms with van der Waals surface area (Å²) in [5, 5.41) is 3.37. The number of nitrogens with one attached hydrogen (secondary N) is 1. The lowest BCUT2D eigenvalue weighted by Gasteiger charge is -2.18. The van der Waals surface area contributed by atoms with Gasteiger partial charge in [-0.25, -0.2) is 0 Å². The molecular formula is C27H27BrN2O4S. The SMILES string of the molecule is COc1cc(/C=C/C(=O)Nc2sc3c(c2C(N)=O)CCC(C)C3)cc(Br)c1OCc1ccccc1. The Hall–Kier alpha value is -3.10. The third-order valence-corrected chi connectivity index (χ3v) is 7.66. The van der Waals surface area contributed by atoms with E-state index in [4.69, 9.17) is 15.2 Å². The summed E-state index contributed by atoms with van der Waals surface area (Å²) in [6, 6.07) is 13.5. The Bertz CT molecular complexity index is 1270. The predicted molar refractivity (Wildman–Crippen MR) is 143 cm³/mol. The van der Waals surface area contributed by atoms with Gasteiger partial charge in [-0.1, -0.05) is 37.3 Å². The van der Waals surface area contributed by atoms with Crippen molar-refractivity contribution in [1.29, 1.82) is 0 Å². The van der Waals surface area contributed by atoms with Gasteiger partial charge >= 0.3 is 0 Å². The van der Waals surface area contributed by atoms with E-state index in [1.54, 1.807) is 19.3 Å². The molecule has 1 atom stereocenters. The average Bonchev–Trinajstić information content (AvgIpc) is 3.19. The number of carbonyl (C=O) groups is 2. The number of carbonyl (C=O) groups excluding carboxylic acids is 2. The lowest BCUT2D eigenvalue weighted by Crippen LogP contribution is -2.18. The number of nitrogens with two attached hydrogens (primary N) is 1. The molecule has 1 unspecified atom stereocenters. The highest BCUT2D eigenvalue weighted by atomic mass is 79.9. The molecule has 2 aromatic carbocycles. The van der Waals surface area contributed by atoms with Gasteiger partial charge in [0.1, 0.15) is 11.6 Å². The van der Waals surface area contributed by atoms with Gasteiger partial charge in [-0.15, -0.1) is 11.3 Å². The van der Waals surface area contributed by atoms with E-state index < -0.39 is 5.91 Å². The van der Waals surface area contributed by atoms with Crippen LogP contribution in [0, 0.1) is 5.92 Å². The van der Waals surface area contributed by atoms with E-state index in [0.717, 1.165) is 40.8 Å². The van der Waals surface area contributed by atoms with E-state index in [0.29, 0.717) is 39.1 Å². The molecule has 1 aliphatic carbocycles. The quantitative estimate of drug-likeness (QED) is 0.335. The summed E-state index contributed by atoms with van der Waals surface area (Å²) in [4.78, 5) is 25.9. The van der Waals surface area contributed by atoms with Gasteiger partial charge < -0.3 is 20.5 Å². The smallest absolute Gasteiger partial charge is 0.251 e. The minimum Gasteiger partial charge on any atom is -0.493 e. The molecule has 6 nitrogen and oxygen atoms in total. The van der Waals surface area contributed by atoms with Crippen LogP contribution >= 0.6 is 27.3 Å². The monoisotopic (exact) mass is 554 g/mol. The average molecular weight is 555 g/mol. The lowest BCUT2D eigenvalue weighted by molar-refractivity contribution is -0.111. The molecule has 1 aliphatic rings. The van der Waals surface area contributed by atoms with Gasteiger partial charge in [-0.3, -0.25) is 9.59 Å². The van der Waals surface area contributed by atoms with Crippen molar-refractivity contribution in [3.63, 3.8) is 0 Å². The minimum absolute atomic E-state index is 0.335. The Morgan fingerprint density at radius 3 is 2.74 bits per heavy atom. The number of anilines is 1. The zero-order valence-electron chi connectivity index (χ0n) is 19.6. The van der Waals surface area contributed by atoms with Crippen molar-refractivity contribution in [3.8, 4) is 11.5 Å².